The minimum atomic E-state index is -4.24. The number of alkyl halides is 3. The minimum absolute atomic E-state index is 0.101. The van der Waals surface area contributed by atoms with Crippen LogP contribution in [0.2, 0.25) is 0 Å². The molecule has 0 aromatic heterocycles. The maximum absolute atomic E-state index is 13.0. The summed E-state index contributed by atoms with van der Waals surface area (Å²) in [6, 6.07) is 5.47. The molecule has 160 valence electrons. The van der Waals surface area contributed by atoms with Gasteiger partial charge in [-0.1, -0.05) is 6.42 Å². The average molecular weight is 415 g/mol. The van der Waals surface area contributed by atoms with Gasteiger partial charge in [-0.2, -0.15) is 13.2 Å². The zero-order chi connectivity index (χ0) is 21.0. The molecule has 29 heavy (non-hydrogen) atoms. The van der Waals surface area contributed by atoms with Crippen LogP contribution in [0.15, 0.2) is 24.3 Å². The molecular formula is C20H25F4N3O2. The third-order valence-corrected chi connectivity index (χ3v) is 5.67. The summed E-state index contributed by atoms with van der Waals surface area (Å²) in [6.45, 7) is 1.90. The first kappa shape index (κ1) is 21.5. The zero-order valence-corrected chi connectivity index (χ0v) is 16.1. The second-order valence-electron chi connectivity index (χ2n) is 7.76. The Balaban J connectivity index is 1.44. The maximum Gasteiger partial charge on any atom is 0.391 e. The Bertz CT molecular complexity index is 715. The SMILES string of the molecule is O=C(CN1CCN(C(=O)C2CCCC(C(F)(F)F)C2)CC1)Nc1ccc(F)cc1. The molecule has 2 atom stereocenters. The predicted octanol–water partition coefficient (Wildman–Crippen LogP) is 3.28. The number of rotatable bonds is 4. The van der Waals surface area contributed by atoms with E-state index in [1.165, 1.54) is 24.3 Å². The Hall–Kier alpha value is -2.16. The second-order valence-corrected chi connectivity index (χ2v) is 7.76. The van der Waals surface area contributed by atoms with Crippen LogP contribution in [0.3, 0.4) is 0 Å². The first-order valence-corrected chi connectivity index (χ1v) is 9.85. The van der Waals surface area contributed by atoms with Gasteiger partial charge in [0.25, 0.3) is 0 Å². The van der Waals surface area contributed by atoms with Crippen molar-refractivity contribution in [3.05, 3.63) is 30.1 Å². The van der Waals surface area contributed by atoms with Crippen LogP contribution in [-0.4, -0.2) is 60.5 Å². The van der Waals surface area contributed by atoms with Crippen molar-refractivity contribution in [2.75, 3.05) is 38.0 Å². The number of hydrogen-bond donors (Lipinski definition) is 1. The molecule has 1 aliphatic heterocycles. The van der Waals surface area contributed by atoms with Crippen LogP contribution in [0, 0.1) is 17.7 Å². The van der Waals surface area contributed by atoms with Crippen LogP contribution in [0.25, 0.3) is 0 Å². The molecule has 0 radical (unpaired) electrons. The monoisotopic (exact) mass is 415 g/mol. The van der Waals surface area contributed by atoms with Crippen molar-refractivity contribution in [2.45, 2.75) is 31.9 Å². The van der Waals surface area contributed by atoms with Gasteiger partial charge in [0.05, 0.1) is 12.5 Å². The number of anilines is 1. The molecule has 2 unspecified atom stereocenters. The van der Waals surface area contributed by atoms with Gasteiger partial charge in [0.2, 0.25) is 11.8 Å². The van der Waals surface area contributed by atoms with Gasteiger partial charge in [0, 0.05) is 37.8 Å². The van der Waals surface area contributed by atoms with E-state index >= 15 is 0 Å². The fourth-order valence-corrected chi connectivity index (χ4v) is 4.03. The number of benzene rings is 1. The van der Waals surface area contributed by atoms with Crippen molar-refractivity contribution < 1.29 is 27.2 Å². The smallest absolute Gasteiger partial charge is 0.340 e. The van der Waals surface area contributed by atoms with E-state index in [1.54, 1.807) is 4.90 Å². The summed E-state index contributed by atoms with van der Waals surface area (Å²) in [5, 5.41) is 2.69. The van der Waals surface area contributed by atoms with Gasteiger partial charge in [-0.15, -0.1) is 0 Å². The fraction of sp³-hybridized carbons (Fsp3) is 0.600. The molecule has 2 fully saturated rings. The summed E-state index contributed by atoms with van der Waals surface area (Å²) in [7, 11) is 0. The van der Waals surface area contributed by atoms with Crippen molar-refractivity contribution in [3.63, 3.8) is 0 Å². The van der Waals surface area contributed by atoms with Gasteiger partial charge in [0.1, 0.15) is 5.82 Å². The Morgan fingerprint density at radius 1 is 1.03 bits per heavy atom. The van der Waals surface area contributed by atoms with Crippen LogP contribution in [-0.2, 0) is 9.59 Å². The molecular weight excluding hydrogens is 390 g/mol. The number of nitrogens with one attached hydrogen (secondary N) is 1. The Kier molecular flexibility index (Phi) is 6.77. The van der Waals surface area contributed by atoms with Crippen molar-refractivity contribution in [1.82, 2.24) is 9.80 Å². The number of hydrogen-bond acceptors (Lipinski definition) is 3. The van der Waals surface area contributed by atoms with Gasteiger partial charge in [-0.25, -0.2) is 4.39 Å². The first-order valence-electron chi connectivity index (χ1n) is 9.85. The van der Waals surface area contributed by atoms with Crippen LogP contribution < -0.4 is 5.32 Å². The van der Waals surface area contributed by atoms with Crippen molar-refractivity contribution in [1.29, 1.82) is 0 Å². The molecule has 9 heteroatoms. The van der Waals surface area contributed by atoms with Gasteiger partial charge in [0.15, 0.2) is 0 Å². The highest BCUT2D eigenvalue weighted by atomic mass is 19.4. The summed E-state index contributed by atoms with van der Waals surface area (Å²) in [5.74, 6) is -2.78. The summed E-state index contributed by atoms with van der Waals surface area (Å²) < 4.78 is 51.8. The molecule has 5 nitrogen and oxygen atoms in total. The van der Waals surface area contributed by atoms with E-state index in [0.717, 1.165) is 0 Å². The standard InChI is InChI=1S/C20H25F4N3O2/c21-16-4-6-17(7-5-16)25-18(28)13-26-8-10-27(11-9-26)19(29)14-2-1-3-15(12-14)20(22,23)24/h4-7,14-15H,1-3,8-13H2,(H,25,28). The molecule has 1 aliphatic carbocycles. The van der Waals surface area contributed by atoms with Crippen LogP contribution in [0.4, 0.5) is 23.2 Å². The van der Waals surface area contributed by atoms with Crippen LogP contribution in [0.1, 0.15) is 25.7 Å². The number of carbonyl (C=O) groups excluding carboxylic acids is 2. The van der Waals surface area contributed by atoms with E-state index in [1.807, 2.05) is 4.90 Å². The molecule has 1 saturated carbocycles. The zero-order valence-electron chi connectivity index (χ0n) is 16.1. The minimum Gasteiger partial charge on any atom is -0.340 e. The molecule has 1 saturated heterocycles. The topological polar surface area (TPSA) is 52.7 Å². The molecule has 0 spiro atoms. The highest BCUT2D eigenvalue weighted by Crippen LogP contribution is 2.40. The number of halogens is 4. The van der Waals surface area contributed by atoms with Gasteiger partial charge < -0.3 is 10.2 Å². The lowest BCUT2D eigenvalue weighted by molar-refractivity contribution is -0.187. The number of amides is 2. The highest BCUT2D eigenvalue weighted by molar-refractivity contribution is 5.92. The molecule has 2 aliphatic rings. The lowest BCUT2D eigenvalue weighted by Crippen LogP contribution is -2.52. The molecule has 1 aromatic rings. The average Bonchev–Trinajstić information content (AvgIpc) is 2.69. The Morgan fingerprint density at radius 2 is 1.69 bits per heavy atom. The molecule has 2 amide bonds. The van der Waals surface area contributed by atoms with E-state index in [4.69, 9.17) is 0 Å². The van der Waals surface area contributed by atoms with Crippen LogP contribution >= 0.6 is 0 Å². The molecule has 1 heterocycles. The molecule has 1 aromatic carbocycles. The summed E-state index contributed by atoms with van der Waals surface area (Å²) in [5.41, 5.74) is 0.502. The number of nitrogens with zero attached hydrogens (tertiary/aromatic N) is 2. The van der Waals surface area contributed by atoms with E-state index in [0.29, 0.717) is 44.7 Å². The van der Waals surface area contributed by atoms with Crippen LogP contribution in [0.5, 0.6) is 0 Å². The van der Waals surface area contributed by atoms with Gasteiger partial charge in [-0.05, 0) is 43.5 Å². The fourth-order valence-electron chi connectivity index (χ4n) is 4.03. The largest absolute Gasteiger partial charge is 0.391 e. The second kappa shape index (κ2) is 9.11. The maximum atomic E-state index is 13.0. The van der Waals surface area contributed by atoms with Crippen molar-refractivity contribution in [2.24, 2.45) is 11.8 Å². The van der Waals surface area contributed by atoms with Gasteiger partial charge >= 0.3 is 6.18 Å². The summed E-state index contributed by atoms with van der Waals surface area (Å²) in [6.07, 6.45) is -3.34. The van der Waals surface area contributed by atoms with E-state index in [-0.39, 0.29) is 37.0 Å². The van der Waals surface area contributed by atoms with E-state index in [2.05, 4.69) is 5.32 Å². The molecule has 3 rings (SSSR count). The number of piperazine rings is 1. The molecule has 0 bridgehead atoms. The third kappa shape index (κ3) is 5.91. The molecule has 1 N–H and O–H groups in total. The highest BCUT2D eigenvalue weighted by Gasteiger charge is 2.44. The Morgan fingerprint density at radius 3 is 2.31 bits per heavy atom. The van der Waals surface area contributed by atoms with Crippen molar-refractivity contribution in [3.8, 4) is 0 Å². The van der Waals surface area contributed by atoms with Crippen molar-refractivity contribution >= 4 is 17.5 Å². The Labute approximate surface area is 167 Å². The van der Waals surface area contributed by atoms with E-state index < -0.39 is 18.0 Å². The first-order chi connectivity index (χ1) is 13.7. The lowest BCUT2D eigenvalue weighted by atomic mass is 9.80. The third-order valence-electron chi connectivity index (χ3n) is 5.67. The van der Waals surface area contributed by atoms with E-state index in [9.17, 15) is 27.2 Å². The predicted molar refractivity (Wildman–Crippen MR) is 99.6 cm³/mol. The normalized spacial score (nSPS) is 23.7. The van der Waals surface area contributed by atoms with Gasteiger partial charge in [-0.3, -0.25) is 14.5 Å². The summed E-state index contributed by atoms with van der Waals surface area (Å²) >= 11 is 0. The summed E-state index contributed by atoms with van der Waals surface area (Å²) in [4.78, 5) is 28.3. The number of carbonyl (C=O) groups is 2. The lowest BCUT2D eigenvalue weighted by Gasteiger charge is -2.38. The quantitative estimate of drug-likeness (QED) is 0.768.